The zero-order chi connectivity index (χ0) is 13.4. The van der Waals surface area contributed by atoms with Gasteiger partial charge in [-0.3, -0.25) is 10.8 Å². The maximum Gasteiger partial charge on any atom is 0.174 e. The van der Waals surface area contributed by atoms with Gasteiger partial charge in [0.05, 0.1) is 6.61 Å². The summed E-state index contributed by atoms with van der Waals surface area (Å²) in [6.45, 7) is 2.69. The summed E-state index contributed by atoms with van der Waals surface area (Å²) in [7, 11) is 0. The van der Waals surface area contributed by atoms with Gasteiger partial charge in [0.25, 0.3) is 0 Å². The Labute approximate surface area is 106 Å². The molecule has 0 heterocycles. The van der Waals surface area contributed by atoms with Gasteiger partial charge in [0.1, 0.15) is 11.6 Å². The largest absolute Gasteiger partial charge is 0.494 e. The van der Waals surface area contributed by atoms with Crippen LogP contribution in [0, 0.1) is 10.8 Å². The first-order chi connectivity index (χ1) is 8.63. The van der Waals surface area contributed by atoms with Crippen molar-refractivity contribution in [3.63, 3.8) is 0 Å². The normalized spacial score (nSPS) is 10.6. The number of benzene rings is 1. The molecule has 0 aliphatic heterocycles. The highest BCUT2D eigenvalue weighted by molar-refractivity contribution is 5.97. The molecule has 0 aliphatic carbocycles. The number of nitrogens with one attached hydrogen (secondary N) is 2. The first-order valence-electron chi connectivity index (χ1n) is 5.62. The Morgan fingerprint density at radius 3 is 2.44 bits per heavy atom. The lowest BCUT2D eigenvalue weighted by molar-refractivity contribution is 0.313. The van der Waals surface area contributed by atoms with Crippen molar-refractivity contribution >= 4 is 11.7 Å². The molecule has 1 rings (SSSR count). The number of hydrogen-bond donors (Lipinski definition) is 3. The molecule has 96 valence electrons. The van der Waals surface area contributed by atoms with Gasteiger partial charge in [-0.2, -0.15) is 0 Å². The quantitative estimate of drug-likeness (QED) is 0.321. The summed E-state index contributed by atoms with van der Waals surface area (Å²) in [6, 6.07) is 7.01. The van der Waals surface area contributed by atoms with Crippen LogP contribution in [0.1, 0.15) is 18.9 Å². The second-order valence-corrected chi connectivity index (χ2v) is 3.65. The van der Waals surface area contributed by atoms with E-state index < -0.39 is 0 Å². The van der Waals surface area contributed by atoms with E-state index in [9.17, 15) is 0 Å². The number of rotatable bonds is 5. The van der Waals surface area contributed by atoms with Crippen LogP contribution in [-0.4, -0.2) is 24.8 Å². The van der Waals surface area contributed by atoms with Crippen molar-refractivity contribution in [2.75, 3.05) is 13.2 Å². The first kappa shape index (κ1) is 14.0. The summed E-state index contributed by atoms with van der Waals surface area (Å²) < 4.78 is 5.44. The molecule has 0 bridgehead atoms. The Kier molecular flexibility index (Phi) is 5.66. The molecule has 0 aliphatic rings. The highest BCUT2D eigenvalue weighted by Gasteiger charge is 2.00. The van der Waals surface area contributed by atoms with Crippen molar-refractivity contribution in [2.24, 2.45) is 16.0 Å². The van der Waals surface area contributed by atoms with Crippen LogP contribution in [0.3, 0.4) is 0 Å². The van der Waals surface area contributed by atoms with Crippen LogP contribution in [0.25, 0.3) is 0 Å². The van der Waals surface area contributed by atoms with E-state index in [2.05, 4.69) is 10.2 Å². The molecule has 0 radical (unpaired) electrons. The van der Waals surface area contributed by atoms with Crippen LogP contribution in [0.4, 0.5) is 0 Å². The van der Waals surface area contributed by atoms with Crippen molar-refractivity contribution in [1.29, 1.82) is 10.8 Å². The fraction of sp³-hybridized carbons (Fsp3) is 0.333. The average molecular weight is 247 g/mol. The second kappa shape index (κ2) is 7.29. The van der Waals surface area contributed by atoms with E-state index in [0.29, 0.717) is 18.7 Å². The third-order valence-electron chi connectivity index (χ3n) is 2.04. The van der Waals surface area contributed by atoms with Crippen molar-refractivity contribution in [2.45, 2.75) is 13.3 Å². The fourth-order valence-corrected chi connectivity index (χ4v) is 1.17. The number of nitrogens with two attached hydrogens (primary N) is 1. The van der Waals surface area contributed by atoms with Crippen molar-refractivity contribution < 1.29 is 4.74 Å². The average Bonchev–Trinajstić information content (AvgIpc) is 2.37. The van der Waals surface area contributed by atoms with Gasteiger partial charge in [0.15, 0.2) is 5.84 Å². The summed E-state index contributed by atoms with van der Waals surface area (Å²) >= 11 is 0. The van der Waals surface area contributed by atoms with E-state index in [0.717, 1.165) is 12.2 Å². The van der Waals surface area contributed by atoms with E-state index >= 15 is 0 Å². The number of ether oxygens (including phenoxy) is 1. The first-order valence-corrected chi connectivity index (χ1v) is 5.62. The lowest BCUT2D eigenvalue weighted by Gasteiger charge is -2.05. The molecule has 0 aromatic heterocycles. The van der Waals surface area contributed by atoms with Gasteiger partial charge in [-0.05, 0) is 44.2 Å². The second-order valence-electron chi connectivity index (χ2n) is 3.65. The van der Waals surface area contributed by atoms with Crippen molar-refractivity contribution in [1.82, 2.24) is 0 Å². The minimum absolute atomic E-state index is 0.0232. The van der Waals surface area contributed by atoms with E-state index in [1.54, 1.807) is 24.3 Å². The van der Waals surface area contributed by atoms with Gasteiger partial charge in [0, 0.05) is 5.56 Å². The molecule has 0 unspecified atom stereocenters. The molecule has 4 N–H and O–H groups in total. The lowest BCUT2D eigenvalue weighted by atomic mass is 10.2. The predicted molar refractivity (Wildman–Crippen MR) is 70.7 cm³/mol. The Hall–Kier alpha value is -2.08. The molecule has 6 nitrogen and oxygen atoms in total. The van der Waals surface area contributed by atoms with E-state index in [4.69, 9.17) is 21.3 Å². The van der Waals surface area contributed by atoms with E-state index in [1.165, 1.54) is 6.92 Å². The van der Waals surface area contributed by atoms with Gasteiger partial charge in [-0.1, -0.05) is 0 Å². The van der Waals surface area contributed by atoms with Gasteiger partial charge in [-0.15, -0.1) is 10.2 Å². The fourth-order valence-electron chi connectivity index (χ4n) is 1.17. The Morgan fingerprint density at radius 2 is 1.89 bits per heavy atom. The minimum Gasteiger partial charge on any atom is -0.494 e. The maximum absolute atomic E-state index is 7.65. The highest BCUT2D eigenvalue weighted by Crippen LogP contribution is 2.13. The van der Waals surface area contributed by atoms with E-state index in [1.807, 2.05) is 0 Å². The van der Waals surface area contributed by atoms with Crippen LogP contribution in [-0.2, 0) is 0 Å². The minimum atomic E-state index is 0.0232. The van der Waals surface area contributed by atoms with Crippen LogP contribution < -0.4 is 10.5 Å². The van der Waals surface area contributed by atoms with Crippen molar-refractivity contribution in [3.05, 3.63) is 29.8 Å². The zero-order valence-electron chi connectivity index (χ0n) is 10.3. The smallest absolute Gasteiger partial charge is 0.174 e. The molecular weight excluding hydrogens is 230 g/mol. The Balaban J connectivity index is 2.59. The molecule has 1 aromatic rings. The topological polar surface area (TPSA) is 108 Å². The van der Waals surface area contributed by atoms with Gasteiger partial charge in [-0.25, -0.2) is 0 Å². The number of amidine groups is 2. The standard InChI is InChI=1S/C12H17N5O/c1-9(14)16-17-12(15)10-3-5-11(6-4-10)18-8-2-7-13/h3-6,14-15H,2,7-8,13H2,1H3/b14-9?,15-12?,17-16-. The molecular formula is C12H17N5O. The van der Waals surface area contributed by atoms with Gasteiger partial charge < -0.3 is 10.5 Å². The molecule has 0 fully saturated rings. The third kappa shape index (κ3) is 4.84. The maximum atomic E-state index is 7.65. The van der Waals surface area contributed by atoms with Crippen molar-refractivity contribution in [3.8, 4) is 5.75 Å². The molecule has 0 saturated heterocycles. The van der Waals surface area contributed by atoms with Crippen LogP contribution >= 0.6 is 0 Å². The molecule has 1 aromatic carbocycles. The number of azo groups is 1. The monoisotopic (exact) mass is 247 g/mol. The van der Waals surface area contributed by atoms with Gasteiger partial charge >= 0.3 is 0 Å². The summed E-state index contributed by atoms with van der Waals surface area (Å²) in [4.78, 5) is 0. The molecule has 0 saturated carbocycles. The third-order valence-corrected chi connectivity index (χ3v) is 2.04. The zero-order valence-corrected chi connectivity index (χ0v) is 10.3. The summed E-state index contributed by atoms with van der Waals surface area (Å²) in [6.07, 6.45) is 0.810. The summed E-state index contributed by atoms with van der Waals surface area (Å²) in [5.74, 6) is 0.830. The SMILES string of the molecule is CC(=N)/N=N\C(=N)c1ccc(OCCCN)cc1. The summed E-state index contributed by atoms with van der Waals surface area (Å²) in [5.41, 5.74) is 6.00. The molecule has 6 heteroatoms. The number of hydrogen-bond acceptors (Lipinski definition) is 4. The Morgan fingerprint density at radius 1 is 1.22 bits per heavy atom. The molecule has 0 spiro atoms. The van der Waals surface area contributed by atoms with Crippen LogP contribution in [0.15, 0.2) is 34.5 Å². The van der Waals surface area contributed by atoms with Crippen LogP contribution in [0.2, 0.25) is 0 Å². The van der Waals surface area contributed by atoms with Gasteiger partial charge in [0.2, 0.25) is 0 Å². The highest BCUT2D eigenvalue weighted by atomic mass is 16.5. The molecule has 0 atom stereocenters. The lowest BCUT2D eigenvalue weighted by Crippen LogP contribution is -2.06. The van der Waals surface area contributed by atoms with E-state index in [-0.39, 0.29) is 11.7 Å². The predicted octanol–water partition coefficient (Wildman–Crippen LogP) is 2.19. The summed E-state index contributed by atoms with van der Waals surface area (Å²) in [5, 5.41) is 21.9. The number of nitrogens with zero attached hydrogens (tertiary/aromatic N) is 2. The molecule has 18 heavy (non-hydrogen) atoms. The Bertz CT molecular complexity index is 438. The molecule has 0 amide bonds. The van der Waals surface area contributed by atoms with Crippen LogP contribution in [0.5, 0.6) is 5.75 Å².